The maximum Gasteiger partial charge on any atom is 0.252 e. The average molecular weight is 928 g/mol. The van der Waals surface area contributed by atoms with E-state index < -0.39 is 0 Å². The van der Waals surface area contributed by atoms with E-state index in [4.69, 9.17) is 0 Å². The Hall–Kier alpha value is -6.56. The van der Waals surface area contributed by atoms with Gasteiger partial charge in [-0.15, -0.1) is 11.3 Å². The standard InChI is InChI=1S/C65H62BN3S/c1-40-32-57-60-58(33-40)69(54-37-50-47(34-41(54)2)64(7,8)39-65(50,9)10)56-38-49-48(62(3,4)30-31-63(49,5)6)36-52(56)66(60)51-29-28-44(67(42-20-13-11-14-21-42)43-22-15-12-16-23-43)35-55(51)68(57)53-26-19-25-46-45-24-17-18-27-59(45)70-61(46)53/h11-29,32-38H,30-31,39H2,1-10H3. The van der Waals surface area contributed by atoms with Crippen LogP contribution in [0.3, 0.4) is 0 Å². The van der Waals surface area contributed by atoms with Crippen molar-refractivity contribution in [2.24, 2.45) is 0 Å². The predicted octanol–water partition coefficient (Wildman–Crippen LogP) is 16.5. The largest absolute Gasteiger partial charge is 0.311 e. The summed E-state index contributed by atoms with van der Waals surface area (Å²) in [5, 5.41) is 2.62. The third-order valence-electron chi connectivity index (χ3n) is 17.0. The van der Waals surface area contributed by atoms with Crippen molar-refractivity contribution < 1.29 is 0 Å². The molecule has 5 heteroatoms. The molecule has 0 atom stereocenters. The van der Waals surface area contributed by atoms with Crippen LogP contribution in [-0.4, -0.2) is 6.71 Å². The lowest BCUT2D eigenvalue weighted by Crippen LogP contribution is -2.62. The fourth-order valence-corrected chi connectivity index (χ4v) is 14.9. The normalized spacial score (nSPS) is 17.5. The van der Waals surface area contributed by atoms with Crippen LogP contribution in [0.1, 0.15) is 108 Å². The minimum Gasteiger partial charge on any atom is -0.311 e. The molecule has 0 radical (unpaired) electrons. The fourth-order valence-electron chi connectivity index (χ4n) is 13.7. The first kappa shape index (κ1) is 43.5. The SMILES string of the molecule is Cc1cc2c3c(c1)N(c1cccc4c1sc1ccccc14)c1cc(N(c4ccccc4)c4ccccc4)ccc1B3c1cc3c(cc1N2c1cc2c(cc1C)C(C)(C)CC2(C)C)C(C)(C)CCC3(C)C. The second-order valence-electron chi connectivity index (χ2n) is 23.7. The van der Waals surface area contributed by atoms with Gasteiger partial charge < -0.3 is 14.7 Å². The molecule has 0 spiro atoms. The van der Waals surface area contributed by atoms with Gasteiger partial charge >= 0.3 is 0 Å². The van der Waals surface area contributed by atoms with E-state index in [9.17, 15) is 0 Å². The van der Waals surface area contributed by atoms with Gasteiger partial charge in [0.25, 0.3) is 6.71 Å². The van der Waals surface area contributed by atoms with Gasteiger partial charge in [0.15, 0.2) is 0 Å². The second-order valence-corrected chi connectivity index (χ2v) is 24.7. The summed E-state index contributed by atoms with van der Waals surface area (Å²) in [6.45, 7) is 24.4. The Morgan fingerprint density at radius 3 is 1.66 bits per heavy atom. The van der Waals surface area contributed by atoms with Gasteiger partial charge in [-0.05, 0) is 177 Å². The Bertz CT molecular complexity index is 3600. The summed E-state index contributed by atoms with van der Waals surface area (Å²) in [4.78, 5) is 7.80. The molecule has 1 aromatic heterocycles. The Morgan fingerprint density at radius 1 is 0.443 bits per heavy atom. The Labute approximate surface area is 419 Å². The van der Waals surface area contributed by atoms with Gasteiger partial charge in [-0.25, -0.2) is 0 Å². The molecule has 0 amide bonds. The molecular formula is C65H62BN3S. The zero-order valence-electron chi connectivity index (χ0n) is 42.5. The molecule has 3 heterocycles. The van der Waals surface area contributed by atoms with Crippen LogP contribution >= 0.6 is 11.3 Å². The molecule has 4 aliphatic rings. The number of anilines is 9. The van der Waals surface area contributed by atoms with E-state index >= 15 is 0 Å². The maximum atomic E-state index is 2.72. The van der Waals surface area contributed by atoms with E-state index in [1.807, 2.05) is 11.3 Å². The van der Waals surface area contributed by atoms with Gasteiger partial charge in [0.1, 0.15) is 0 Å². The zero-order chi connectivity index (χ0) is 48.2. The second kappa shape index (κ2) is 15.0. The molecule has 0 N–H and O–H groups in total. The number of aryl methyl sites for hydroxylation is 2. The van der Waals surface area contributed by atoms with Gasteiger partial charge in [0.05, 0.1) is 10.4 Å². The highest BCUT2D eigenvalue weighted by Gasteiger charge is 2.48. The molecule has 0 bridgehead atoms. The number of nitrogens with zero attached hydrogens (tertiary/aromatic N) is 3. The lowest BCUT2D eigenvalue weighted by atomic mass is 9.33. The fraction of sp³-hybridized carbons (Fsp3) is 0.262. The lowest BCUT2D eigenvalue weighted by molar-refractivity contribution is 0.332. The lowest BCUT2D eigenvalue weighted by Gasteiger charge is -2.48. The average Bonchev–Trinajstić information content (AvgIpc) is 3.80. The molecule has 3 nitrogen and oxygen atoms in total. The molecule has 346 valence electrons. The van der Waals surface area contributed by atoms with E-state index in [-0.39, 0.29) is 28.4 Å². The van der Waals surface area contributed by atoms with E-state index in [1.165, 1.54) is 110 Å². The van der Waals surface area contributed by atoms with Crippen molar-refractivity contribution in [2.75, 3.05) is 14.7 Å². The van der Waals surface area contributed by atoms with Crippen LogP contribution in [0.2, 0.25) is 0 Å². The highest BCUT2D eigenvalue weighted by Crippen LogP contribution is 2.55. The molecule has 13 rings (SSSR count). The highest BCUT2D eigenvalue weighted by atomic mass is 32.1. The summed E-state index contributed by atoms with van der Waals surface area (Å²) in [5.74, 6) is 0. The summed E-state index contributed by atoms with van der Waals surface area (Å²) in [6.07, 6.45) is 3.47. The van der Waals surface area contributed by atoms with E-state index in [1.54, 1.807) is 0 Å². The Morgan fingerprint density at radius 2 is 0.986 bits per heavy atom. The van der Waals surface area contributed by atoms with Gasteiger partial charge in [-0.1, -0.05) is 140 Å². The molecular weight excluding hydrogens is 866 g/mol. The van der Waals surface area contributed by atoms with Crippen LogP contribution in [0.4, 0.5) is 51.2 Å². The topological polar surface area (TPSA) is 9.72 Å². The number of rotatable bonds is 5. The first-order chi connectivity index (χ1) is 33.5. The molecule has 2 aliphatic carbocycles. The summed E-state index contributed by atoms with van der Waals surface area (Å²) in [7, 11) is 0. The van der Waals surface area contributed by atoms with Crippen LogP contribution in [0.25, 0.3) is 20.2 Å². The van der Waals surface area contributed by atoms with Crippen LogP contribution in [0, 0.1) is 13.8 Å². The Kier molecular flexibility index (Phi) is 9.30. The first-order valence-corrected chi connectivity index (χ1v) is 26.4. The number of thiophene rings is 1. The van der Waals surface area contributed by atoms with Crippen molar-refractivity contribution in [1.82, 2.24) is 0 Å². The molecule has 0 unspecified atom stereocenters. The molecule has 70 heavy (non-hydrogen) atoms. The minimum absolute atomic E-state index is 0.00286. The predicted molar refractivity (Wildman–Crippen MR) is 303 cm³/mol. The third kappa shape index (κ3) is 6.32. The highest BCUT2D eigenvalue weighted by molar-refractivity contribution is 7.26. The van der Waals surface area contributed by atoms with Crippen molar-refractivity contribution in [3.63, 3.8) is 0 Å². The number of hydrogen-bond donors (Lipinski definition) is 0. The minimum atomic E-state index is -0.00286. The van der Waals surface area contributed by atoms with Gasteiger partial charge in [-0.3, -0.25) is 0 Å². The van der Waals surface area contributed by atoms with Crippen LogP contribution in [0.5, 0.6) is 0 Å². The summed E-state index contributed by atoms with van der Waals surface area (Å²) in [6, 6.07) is 60.5. The van der Waals surface area contributed by atoms with Crippen molar-refractivity contribution in [1.29, 1.82) is 0 Å². The molecule has 2 aliphatic heterocycles. The summed E-state index contributed by atoms with van der Waals surface area (Å²) < 4.78 is 2.62. The van der Waals surface area contributed by atoms with Crippen molar-refractivity contribution in [3.8, 4) is 0 Å². The van der Waals surface area contributed by atoms with Crippen molar-refractivity contribution in [2.45, 2.75) is 110 Å². The number of benzene rings is 8. The maximum absolute atomic E-state index is 2.72. The number of hydrogen-bond acceptors (Lipinski definition) is 4. The summed E-state index contributed by atoms with van der Waals surface area (Å²) >= 11 is 1.92. The quantitative estimate of drug-likeness (QED) is 0.159. The molecule has 0 saturated carbocycles. The van der Waals surface area contributed by atoms with Crippen LogP contribution in [-0.2, 0) is 21.7 Å². The van der Waals surface area contributed by atoms with Crippen molar-refractivity contribution in [3.05, 3.63) is 191 Å². The van der Waals surface area contributed by atoms with Crippen LogP contribution in [0.15, 0.2) is 158 Å². The smallest absolute Gasteiger partial charge is 0.252 e. The molecule has 9 aromatic rings. The number of fused-ring (bicyclic) bond motifs is 9. The molecule has 8 aromatic carbocycles. The third-order valence-corrected chi connectivity index (χ3v) is 18.2. The van der Waals surface area contributed by atoms with Crippen molar-refractivity contribution >= 4 is 106 Å². The van der Waals surface area contributed by atoms with E-state index in [0.29, 0.717) is 0 Å². The monoisotopic (exact) mass is 927 g/mol. The number of para-hydroxylation sites is 2. The summed E-state index contributed by atoms with van der Waals surface area (Å²) in [5.41, 5.74) is 23.9. The zero-order valence-corrected chi connectivity index (χ0v) is 43.3. The van der Waals surface area contributed by atoms with Gasteiger partial charge in [0.2, 0.25) is 0 Å². The van der Waals surface area contributed by atoms with Gasteiger partial charge in [-0.2, -0.15) is 0 Å². The molecule has 0 fully saturated rings. The van der Waals surface area contributed by atoms with Gasteiger partial charge in [0, 0.05) is 61.0 Å². The van der Waals surface area contributed by atoms with E-state index in [0.717, 1.165) is 29.9 Å². The first-order valence-electron chi connectivity index (χ1n) is 25.5. The van der Waals surface area contributed by atoms with Crippen LogP contribution < -0.4 is 31.1 Å². The van der Waals surface area contributed by atoms with E-state index in [2.05, 4.69) is 242 Å². The Balaban J connectivity index is 1.15. The molecule has 0 saturated heterocycles.